The van der Waals surface area contributed by atoms with Gasteiger partial charge in [0.1, 0.15) is 17.7 Å². The molecule has 0 spiro atoms. The summed E-state index contributed by atoms with van der Waals surface area (Å²) < 4.78 is 19.8. The maximum atomic E-state index is 13.7. The topological polar surface area (TPSA) is 21.3 Å². The summed E-state index contributed by atoms with van der Waals surface area (Å²) in [6.45, 7) is 3.78. The highest BCUT2D eigenvalue weighted by molar-refractivity contribution is 6.30. The fraction of sp³-hybridized carbons (Fsp3) is 0.294. The van der Waals surface area contributed by atoms with E-state index in [9.17, 15) is 4.39 Å². The van der Waals surface area contributed by atoms with Crippen LogP contribution in [-0.4, -0.2) is 13.1 Å². The SMILES string of the molecule is Cc1ccc(O[C@@H](c2ccc(Cl)c(F)c2)C2CNC2)cc1. The lowest BCUT2D eigenvalue weighted by atomic mass is 9.90. The van der Waals surface area contributed by atoms with Crippen molar-refractivity contribution in [2.45, 2.75) is 13.0 Å². The quantitative estimate of drug-likeness (QED) is 0.917. The predicted molar refractivity (Wildman–Crippen MR) is 82.3 cm³/mol. The van der Waals surface area contributed by atoms with Crippen LogP contribution in [0.15, 0.2) is 42.5 Å². The monoisotopic (exact) mass is 305 g/mol. The van der Waals surface area contributed by atoms with Gasteiger partial charge >= 0.3 is 0 Å². The molecule has 1 aliphatic heterocycles. The second-order valence-electron chi connectivity index (χ2n) is 5.44. The van der Waals surface area contributed by atoms with Crippen LogP contribution >= 0.6 is 11.6 Å². The third-order valence-corrected chi connectivity index (χ3v) is 4.10. The average Bonchev–Trinajstić information content (AvgIpc) is 2.41. The normalized spacial score (nSPS) is 16.3. The molecule has 0 bridgehead atoms. The van der Waals surface area contributed by atoms with Gasteiger partial charge in [-0.2, -0.15) is 0 Å². The van der Waals surface area contributed by atoms with Crippen LogP contribution in [-0.2, 0) is 0 Å². The molecular formula is C17H17ClFNO. The molecule has 2 nitrogen and oxygen atoms in total. The fourth-order valence-electron chi connectivity index (χ4n) is 2.41. The minimum Gasteiger partial charge on any atom is -0.485 e. The number of aryl methyl sites for hydroxylation is 1. The maximum Gasteiger partial charge on any atom is 0.142 e. The highest BCUT2D eigenvalue weighted by Gasteiger charge is 2.30. The van der Waals surface area contributed by atoms with Crippen molar-refractivity contribution in [1.29, 1.82) is 0 Å². The van der Waals surface area contributed by atoms with Gasteiger partial charge in [0.25, 0.3) is 0 Å². The van der Waals surface area contributed by atoms with Crippen LogP contribution in [0.25, 0.3) is 0 Å². The van der Waals surface area contributed by atoms with Crippen molar-refractivity contribution in [3.05, 3.63) is 64.4 Å². The smallest absolute Gasteiger partial charge is 0.142 e. The Morgan fingerprint density at radius 2 is 1.90 bits per heavy atom. The summed E-state index contributed by atoms with van der Waals surface area (Å²) in [6.07, 6.45) is -0.166. The second kappa shape index (κ2) is 6.04. The zero-order valence-corrected chi connectivity index (χ0v) is 12.5. The number of hydrogen-bond acceptors (Lipinski definition) is 2. The average molecular weight is 306 g/mol. The van der Waals surface area contributed by atoms with Crippen LogP contribution in [0.5, 0.6) is 5.75 Å². The van der Waals surface area contributed by atoms with Crippen LogP contribution in [0.2, 0.25) is 5.02 Å². The zero-order valence-electron chi connectivity index (χ0n) is 11.8. The van der Waals surface area contributed by atoms with E-state index < -0.39 is 5.82 Å². The third kappa shape index (κ3) is 3.20. The highest BCUT2D eigenvalue weighted by Crippen LogP contribution is 2.32. The number of rotatable bonds is 4. The Bertz CT molecular complexity index is 625. The molecule has 0 amide bonds. The Balaban J connectivity index is 1.86. The number of nitrogens with one attached hydrogen (secondary N) is 1. The van der Waals surface area contributed by atoms with Gasteiger partial charge in [-0.25, -0.2) is 4.39 Å². The van der Waals surface area contributed by atoms with Crippen molar-refractivity contribution >= 4 is 11.6 Å². The van der Waals surface area contributed by atoms with Gasteiger partial charge in [-0.1, -0.05) is 35.4 Å². The van der Waals surface area contributed by atoms with Gasteiger partial charge in [0.05, 0.1) is 5.02 Å². The first-order valence-electron chi connectivity index (χ1n) is 7.02. The van der Waals surface area contributed by atoms with Crippen LogP contribution in [0.1, 0.15) is 17.2 Å². The lowest BCUT2D eigenvalue weighted by Crippen LogP contribution is -2.46. The van der Waals surface area contributed by atoms with Crippen molar-refractivity contribution in [3.8, 4) is 5.75 Å². The minimum atomic E-state index is -0.404. The molecule has 1 N–H and O–H groups in total. The van der Waals surface area contributed by atoms with Gasteiger partial charge in [-0.3, -0.25) is 0 Å². The van der Waals surface area contributed by atoms with E-state index in [1.54, 1.807) is 6.07 Å². The molecule has 4 heteroatoms. The van der Waals surface area contributed by atoms with Crippen molar-refractivity contribution in [1.82, 2.24) is 5.32 Å². The number of hydrogen-bond donors (Lipinski definition) is 1. The molecule has 2 aromatic rings. The molecule has 2 aromatic carbocycles. The van der Waals surface area contributed by atoms with Crippen LogP contribution in [0.4, 0.5) is 4.39 Å². The fourth-order valence-corrected chi connectivity index (χ4v) is 2.53. The summed E-state index contributed by atoms with van der Waals surface area (Å²) in [5, 5.41) is 3.37. The summed E-state index contributed by atoms with van der Waals surface area (Å²) in [6, 6.07) is 12.8. The van der Waals surface area contributed by atoms with Gasteiger partial charge in [0, 0.05) is 19.0 Å². The molecule has 0 unspecified atom stereocenters. The molecule has 110 valence electrons. The van der Waals surface area contributed by atoms with Crippen molar-refractivity contribution in [3.63, 3.8) is 0 Å². The predicted octanol–water partition coefficient (Wildman–Crippen LogP) is 4.13. The Labute approximate surface area is 128 Å². The van der Waals surface area contributed by atoms with Crippen molar-refractivity contribution in [2.24, 2.45) is 5.92 Å². The molecular weight excluding hydrogens is 289 g/mol. The molecule has 3 rings (SSSR count). The van der Waals surface area contributed by atoms with Gasteiger partial charge in [-0.05, 0) is 36.8 Å². The standard InChI is InChI=1S/C17H17ClFNO/c1-11-2-5-14(6-3-11)21-17(13-9-20-10-13)12-4-7-15(18)16(19)8-12/h2-8,13,17,20H,9-10H2,1H3/t17-/m0/s1. The minimum absolute atomic E-state index is 0.138. The molecule has 0 aromatic heterocycles. The van der Waals surface area contributed by atoms with Crippen LogP contribution < -0.4 is 10.1 Å². The summed E-state index contributed by atoms with van der Waals surface area (Å²) in [7, 11) is 0. The molecule has 1 saturated heterocycles. The number of benzene rings is 2. The zero-order chi connectivity index (χ0) is 14.8. The Morgan fingerprint density at radius 3 is 2.48 bits per heavy atom. The number of halogens is 2. The van der Waals surface area contributed by atoms with Gasteiger partial charge < -0.3 is 10.1 Å². The lowest BCUT2D eigenvalue weighted by molar-refractivity contribution is 0.0990. The van der Waals surface area contributed by atoms with Crippen molar-refractivity contribution in [2.75, 3.05) is 13.1 Å². The molecule has 1 heterocycles. The largest absolute Gasteiger partial charge is 0.485 e. The van der Waals surface area contributed by atoms with E-state index in [2.05, 4.69) is 5.32 Å². The molecule has 1 atom stereocenters. The lowest BCUT2D eigenvalue weighted by Gasteiger charge is -2.35. The molecule has 21 heavy (non-hydrogen) atoms. The highest BCUT2D eigenvalue weighted by atomic mass is 35.5. The van der Waals surface area contributed by atoms with Gasteiger partial charge in [-0.15, -0.1) is 0 Å². The molecule has 1 fully saturated rings. The second-order valence-corrected chi connectivity index (χ2v) is 5.85. The first kappa shape index (κ1) is 14.4. The van der Waals surface area contributed by atoms with E-state index in [0.717, 1.165) is 24.4 Å². The third-order valence-electron chi connectivity index (χ3n) is 3.80. The number of ether oxygens (including phenoxy) is 1. The van der Waals surface area contributed by atoms with E-state index in [0.29, 0.717) is 5.92 Å². The molecule has 0 radical (unpaired) electrons. The Morgan fingerprint density at radius 1 is 1.19 bits per heavy atom. The molecule has 0 saturated carbocycles. The molecule has 0 aliphatic carbocycles. The summed E-state index contributed by atoms with van der Waals surface area (Å²) in [5.41, 5.74) is 2.01. The maximum absolute atomic E-state index is 13.7. The van der Waals surface area contributed by atoms with Gasteiger partial charge in [0.2, 0.25) is 0 Å². The summed E-state index contributed by atoms with van der Waals surface area (Å²) in [5.74, 6) is 0.735. The van der Waals surface area contributed by atoms with E-state index in [1.807, 2.05) is 37.3 Å². The van der Waals surface area contributed by atoms with Gasteiger partial charge in [0.15, 0.2) is 0 Å². The van der Waals surface area contributed by atoms with Crippen LogP contribution in [0, 0.1) is 18.7 Å². The van der Waals surface area contributed by atoms with E-state index in [1.165, 1.54) is 11.6 Å². The first-order chi connectivity index (χ1) is 10.1. The van der Waals surface area contributed by atoms with Crippen molar-refractivity contribution < 1.29 is 9.13 Å². The Hall–Kier alpha value is -1.58. The molecule has 1 aliphatic rings. The first-order valence-corrected chi connectivity index (χ1v) is 7.40. The van der Waals surface area contributed by atoms with E-state index in [-0.39, 0.29) is 11.1 Å². The van der Waals surface area contributed by atoms with E-state index >= 15 is 0 Å². The summed E-state index contributed by atoms with van der Waals surface area (Å²) >= 11 is 5.76. The van der Waals surface area contributed by atoms with Crippen LogP contribution in [0.3, 0.4) is 0 Å². The summed E-state index contributed by atoms with van der Waals surface area (Å²) in [4.78, 5) is 0. The van der Waals surface area contributed by atoms with E-state index in [4.69, 9.17) is 16.3 Å². The Kier molecular flexibility index (Phi) is 4.13.